The Morgan fingerprint density at radius 1 is 1.18 bits per heavy atom. The van der Waals surface area contributed by atoms with E-state index >= 15 is 0 Å². The summed E-state index contributed by atoms with van der Waals surface area (Å²) >= 11 is 1.15. The Kier molecular flexibility index (Phi) is 5.41. The van der Waals surface area contributed by atoms with Crippen molar-refractivity contribution in [3.8, 4) is 11.3 Å². The Balaban J connectivity index is 1.61. The SMILES string of the molecule is Cc1sc(=O)n(CC(=O)N2CC[C@H](C)[C@H]3CCCC[C@H]32)c1-c1ccc(F)cc1. The van der Waals surface area contributed by atoms with E-state index in [4.69, 9.17) is 0 Å². The van der Waals surface area contributed by atoms with Gasteiger partial charge in [-0.2, -0.15) is 0 Å². The Labute approximate surface area is 169 Å². The summed E-state index contributed by atoms with van der Waals surface area (Å²) in [4.78, 5) is 28.6. The predicted molar refractivity (Wildman–Crippen MR) is 110 cm³/mol. The van der Waals surface area contributed by atoms with Gasteiger partial charge in [0.2, 0.25) is 5.91 Å². The van der Waals surface area contributed by atoms with Gasteiger partial charge in [0.1, 0.15) is 12.4 Å². The molecule has 1 amide bonds. The number of thiazole rings is 1. The van der Waals surface area contributed by atoms with E-state index < -0.39 is 0 Å². The molecule has 1 aliphatic carbocycles. The minimum atomic E-state index is -0.313. The molecule has 1 saturated heterocycles. The highest BCUT2D eigenvalue weighted by Gasteiger charge is 2.39. The first-order chi connectivity index (χ1) is 13.5. The average molecular weight is 403 g/mol. The molecule has 2 aliphatic rings. The van der Waals surface area contributed by atoms with Gasteiger partial charge in [-0.1, -0.05) is 31.1 Å². The van der Waals surface area contributed by atoms with Crippen molar-refractivity contribution in [2.75, 3.05) is 6.54 Å². The van der Waals surface area contributed by atoms with Crippen LogP contribution in [0, 0.1) is 24.6 Å². The van der Waals surface area contributed by atoms with Gasteiger partial charge in [-0.25, -0.2) is 4.39 Å². The lowest BCUT2D eigenvalue weighted by atomic mass is 9.72. The van der Waals surface area contributed by atoms with Gasteiger partial charge >= 0.3 is 4.87 Å². The predicted octanol–water partition coefficient (Wildman–Crippen LogP) is 4.45. The van der Waals surface area contributed by atoms with Crippen LogP contribution >= 0.6 is 11.3 Å². The number of nitrogens with zero attached hydrogens (tertiary/aromatic N) is 2. The Bertz CT molecular complexity index is 918. The van der Waals surface area contributed by atoms with Crippen LogP contribution in [0.25, 0.3) is 11.3 Å². The maximum atomic E-state index is 13.3. The van der Waals surface area contributed by atoms with Crippen LogP contribution in [0.3, 0.4) is 0 Å². The fraction of sp³-hybridized carbons (Fsp3) is 0.545. The van der Waals surface area contributed by atoms with Gasteiger partial charge in [-0.15, -0.1) is 0 Å². The standard InChI is InChI=1S/C22H27FN2O2S/c1-14-11-12-24(19-6-4-3-5-18(14)19)20(26)13-25-21(15(2)28-22(25)27)16-7-9-17(23)10-8-16/h7-10,14,18-19H,3-6,11-13H2,1-2H3/t14-,18+,19+/m0/s1. The summed E-state index contributed by atoms with van der Waals surface area (Å²) in [5, 5.41) is 0. The molecule has 0 radical (unpaired) electrons. The third-order valence-corrected chi connectivity index (χ3v) is 7.43. The molecule has 2 heterocycles. The molecule has 2 aromatic rings. The Morgan fingerprint density at radius 2 is 1.89 bits per heavy atom. The minimum Gasteiger partial charge on any atom is -0.338 e. The van der Waals surface area contributed by atoms with Crippen LogP contribution in [-0.4, -0.2) is 28.0 Å². The van der Waals surface area contributed by atoms with Crippen molar-refractivity contribution in [1.82, 2.24) is 9.47 Å². The van der Waals surface area contributed by atoms with E-state index in [0.29, 0.717) is 17.9 Å². The van der Waals surface area contributed by atoms with Crippen LogP contribution in [0.15, 0.2) is 29.1 Å². The first-order valence-electron chi connectivity index (χ1n) is 10.2. The maximum Gasteiger partial charge on any atom is 0.308 e. The van der Waals surface area contributed by atoms with Crippen LogP contribution < -0.4 is 4.87 Å². The summed E-state index contributed by atoms with van der Waals surface area (Å²) in [6.07, 6.45) is 5.74. The topological polar surface area (TPSA) is 42.3 Å². The Morgan fingerprint density at radius 3 is 2.64 bits per heavy atom. The molecule has 0 bridgehead atoms. The molecule has 1 aromatic carbocycles. The molecule has 1 aliphatic heterocycles. The summed E-state index contributed by atoms with van der Waals surface area (Å²) in [6.45, 7) is 5.04. The third-order valence-electron chi connectivity index (χ3n) is 6.53. The minimum absolute atomic E-state index is 0.0343. The molecule has 0 N–H and O–H groups in total. The van der Waals surface area contributed by atoms with Crippen LogP contribution in [0.4, 0.5) is 4.39 Å². The summed E-state index contributed by atoms with van der Waals surface area (Å²) in [7, 11) is 0. The molecule has 150 valence electrons. The van der Waals surface area contributed by atoms with Crippen molar-refractivity contribution in [2.45, 2.75) is 58.5 Å². The van der Waals surface area contributed by atoms with E-state index in [-0.39, 0.29) is 23.1 Å². The second-order valence-electron chi connectivity index (χ2n) is 8.23. The summed E-state index contributed by atoms with van der Waals surface area (Å²) in [5.41, 5.74) is 1.50. The molecule has 0 unspecified atom stereocenters. The van der Waals surface area contributed by atoms with E-state index in [2.05, 4.69) is 6.92 Å². The van der Waals surface area contributed by atoms with Gasteiger partial charge in [-0.3, -0.25) is 14.2 Å². The molecule has 3 atom stereocenters. The van der Waals surface area contributed by atoms with E-state index in [1.165, 1.54) is 31.4 Å². The van der Waals surface area contributed by atoms with Crippen molar-refractivity contribution in [3.05, 3.63) is 44.6 Å². The number of piperidine rings is 1. The summed E-state index contributed by atoms with van der Waals surface area (Å²) in [6, 6.07) is 6.44. The van der Waals surface area contributed by atoms with Crippen LogP contribution in [0.1, 0.15) is 43.9 Å². The number of rotatable bonds is 3. The molecule has 1 aromatic heterocycles. The van der Waals surface area contributed by atoms with E-state index in [1.54, 1.807) is 16.7 Å². The lowest BCUT2D eigenvalue weighted by Crippen LogP contribution is -2.53. The number of halogens is 1. The highest BCUT2D eigenvalue weighted by Crippen LogP contribution is 2.39. The third kappa shape index (κ3) is 3.54. The number of carbonyl (C=O) groups is 1. The number of hydrogen-bond donors (Lipinski definition) is 0. The number of aryl methyl sites for hydroxylation is 1. The average Bonchev–Trinajstić information content (AvgIpc) is 2.96. The maximum absolute atomic E-state index is 13.3. The first kappa shape index (κ1) is 19.4. The summed E-state index contributed by atoms with van der Waals surface area (Å²) < 4.78 is 14.9. The van der Waals surface area contributed by atoms with Gasteiger partial charge < -0.3 is 4.90 Å². The van der Waals surface area contributed by atoms with Crippen LogP contribution in [0.5, 0.6) is 0 Å². The zero-order valence-corrected chi connectivity index (χ0v) is 17.3. The zero-order valence-electron chi connectivity index (χ0n) is 16.5. The number of aromatic nitrogens is 1. The van der Waals surface area contributed by atoms with Crippen molar-refractivity contribution in [2.24, 2.45) is 11.8 Å². The van der Waals surface area contributed by atoms with Gasteiger partial charge in [-0.05, 0) is 67.9 Å². The highest BCUT2D eigenvalue weighted by atomic mass is 32.1. The molecule has 4 nitrogen and oxygen atoms in total. The number of fused-ring (bicyclic) bond motifs is 1. The fourth-order valence-corrected chi connectivity index (χ4v) is 5.93. The number of hydrogen-bond acceptors (Lipinski definition) is 3. The Hall–Kier alpha value is -1.95. The van der Waals surface area contributed by atoms with Gasteiger partial charge in [0.15, 0.2) is 0 Å². The van der Waals surface area contributed by atoms with Gasteiger partial charge in [0.25, 0.3) is 0 Å². The molecule has 1 saturated carbocycles. The molecule has 2 fully saturated rings. The molecule has 0 spiro atoms. The summed E-state index contributed by atoms with van der Waals surface area (Å²) in [5.74, 6) is 0.971. The number of benzene rings is 1. The highest BCUT2D eigenvalue weighted by molar-refractivity contribution is 7.09. The quantitative estimate of drug-likeness (QED) is 0.761. The lowest BCUT2D eigenvalue weighted by Gasteiger charge is -2.47. The number of carbonyl (C=O) groups excluding carboxylic acids is 1. The molecule has 6 heteroatoms. The van der Waals surface area contributed by atoms with E-state index in [9.17, 15) is 14.0 Å². The monoisotopic (exact) mass is 402 g/mol. The van der Waals surface area contributed by atoms with Gasteiger partial charge in [0.05, 0.1) is 5.69 Å². The smallest absolute Gasteiger partial charge is 0.308 e. The normalized spacial score (nSPS) is 24.8. The van der Waals surface area contributed by atoms with Crippen LogP contribution in [-0.2, 0) is 11.3 Å². The number of amides is 1. The lowest BCUT2D eigenvalue weighted by molar-refractivity contribution is -0.139. The largest absolute Gasteiger partial charge is 0.338 e. The van der Waals surface area contributed by atoms with Crippen molar-refractivity contribution >= 4 is 17.2 Å². The zero-order chi connectivity index (χ0) is 19.8. The molecule has 28 heavy (non-hydrogen) atoms. The molecular formula is C22H27FN2O2S. The second kappa shape index (κ2) is 7.82. The first-order valence-corrected chi connectivity index (χ1v) is 11.0. The molecular weight excluding hydrogens is 375 g/mol. The van der Waals surface area contributed by atoms with Crippen molar-refractivity contribution in [1.29, 1.82) is 0 Å². The second-order valence-corrected chi connectivity index (χ2v) is 9.40. The molecule has 4 rings (SSSR count). The van der Waals surface area contributed by atoms with Crippen molar-refractivity contribution < 1.29 is 9.18 Å². The van der Waals surface area contributed by atoms with Gasteiger partial charge in [0, 0.05) is 17.5 Å². The van der Waals surface area contributed by atoms with E-state index in [1.807, 2.05) is 11.8 Å². The van der Waals surface area contributed by atoms with Crippen LogP contribution in [0.2, 0.25) is 0 Å². The number of likely N-dealkylation sites (tertiary alicyclic amines) is 1. The van der Waals surface area contributed by atoms with Crippen molar-refractivity contribution in [3.63, 3.8) is 0 Å². The fourth-order valence-electron chi connectivity index (χ4n) is 5.08. The van der Waals surface area contributed by atoms with E-state index in [0.717, 1.165) is 46.9 Å².